The first-order chi connectivity index (χ1) is 9.70. The second kappa shape index (κ2) is 6.39. The van der Waals surface area contributed by atoms with Crippen molar-refractivity contribution in [3.8, 4) is 6.07 Å². The molecule has 0 heterocycles. The molecule has 4 heteroatoms. The zero-order valence-electron chi connectivity index (χ0n) is 11.5. The number of hydrazone groups is 1. The molecule has 2 aromatic carbocycles. The highest BCUT2D eigenvalue weighted by atomic mass is 15.3. The van der Waals surface area contributed by atoms with Gasteiger partial charge in [-0.25, -0.2) is 0 Å². The van der Waals surface area contributed by atoms with Gasteiger partial charge in [0.05, 0.1) is 23.2 Å². The van der Waals surface area contributed by atoms with Gasteiger partial charge in [-0.05, 0) is 29.8 Å². The Morgan fingerprint density at radius 3 is 2.55 bits per heavy atom. The van der Waals surface area contributed by atoms with Gasteiger partial charge < -0.3 is 4.90 Å². The van der Waals surface area contributed by atoms with Crippen LogP contribution in [-0.4, -0.2) is 20.3 Å². The van der Waals surface area contributed by atoms with Crippen LogP contribution in [0.1, 0.15) is 11.1 Å². The molecule has 20 heavy (non-hydrogen) atoms. The van der Waals surface area contributed by atoms with Crippen LogP contribution in [0.15, 0.2) is 53.6 Å². The maximum atomic E-state index is 9.16. The van der Waals surface area contributed by atoms with Gasteiger partial charge in [0.2, 0.25) is 0 Å². The first-order valence-electron chi connectivity index (χ1n) is 6.26. The standard InChI is InChI=1S/C16H16N4/c1-20(2)16-9-8-13(10-14(16)11-17)12-18-19-15-6-4-3-5-7-15/h3-10,12,19H,1-2H3. The highest BCUT2D eigenvalue weighted by Gasteiger charge is 2.04. The van der Waals surface area contributed by atoms with Gasteiger partial charge >= 0.3 is 0 Å². The zero-order valence-corrected chi connectivity index (χ0v) is 11.5. The first kappa shape index (κ1) is 13.6. The lowest BCUT2D eigenvalue weighted by Crippen LogP contribution is -2.10. The van der Waals surface area contributed by atoms with Crippen molar-refractivity contribution in [2.45, 2.75) is 0 Å². The van der Waals surface area contributed by atoms with Crippen LogP contribution in [0.5, 0.6) is 0 Å². The number of anilines is 2. The number of nitrogens with one attached hydrogen (secondary N) is 1. The van der Waals surface area contributed by atoms with Crippen LogP contribution < -0.4 is 10.3 Å². The van der Waals surface area contributed by atoms with Gasteiger partial charge in [-0.15, -0.1) is 0 Å². The van der Waals surface area contributed by atoms with E-state index in [-0.39, 0.29) is 0 Å². The van der Waals surface area contributed by atoms with E-state index in [1.54, 1.807) is 6.21 Å². The quantitative estimate of drug-likeness (QED) is 0.682. The van der Waals surface area contributed by atoms with Gasteiger partial charge in [-0.3, -0.25) is 5.43 Å². The van der Waals surface area contributed by atoms with Crippen LogP contribution in [0.25, 0.3) is 0 Å². The molecule has 0 unspecified atom stereocenters. The van der Waals surface area contributed by atoms with E-state index < -0.39 is 0 Å². The lowest BCUT2D eigenvalue weighted by atomic mass is 10.1. The Balaban J connectivity index is 2.12. The van der Waals surface area contributed by atoms with E-state index in [1.807, 2.05) is 67.5 Å². The maximum absolute atomic E-state index is 9.16. The van der Waals surface area contributed by atoms with Gasteiger partial charge in [0.15, 0.2) is 0 Å². The predicted octanol–water partition coefficient (Wildman–Crippen LogP) is 3.07. The topological polar surface area (TPSA) is 51.4 Å². The average molecular weight is 264 g/mol. The van der Waals surface area contributed by atoms with Crippen molar-refractivity contribution in [3.63, 3.8) is 0 Å². The van der Waals surface area contributed by atoms with E-state index in [2.05, 4.69) is 16.6 Å². The number of para-hydroxylation sites is 1. The maximum Gasteiger partial charge on any atom is 0.101 e. The first-order valence-corrected chi connectivity index (χ1v) is 6.26. The molecule has 0 bridgehead atoms. The molecule has 0 saturated heterocycles. The van der Waals surface area contributed by atoms with Crippen LogP contribution in [0.3, 0.4) is 0 Å². The fourth-order valence-electron chi connectivity index (χ4n) is 1.81. The molecule has 0 aromatic heterocycles. The average Bonchev–Trinajstić information content (AvgIpc) is 2.48. The highest BCUT2D eigenvalue weighted by molar-refractivity contribution is 5.82. The van der Waals surface area contributed by atoms with E-state index in [4.69, 9.17) is 5.26 Å². The van der Waals surface area contributed by atoms with Gasteiger partial charge in [-0.2, -0.15) is 10.4 Å². The molecule has 1 N–H and O–H groups in total. The van der Waals surface area contributed by atoms with Gasteiger partial charge in [0.25, 0.3) is 0 Å². The summed E-state index contributed by atoms with van der Waals surface area (Å²) in [5, 5.41) is 13.3. The van der Waals surface area contributed by atoms with E-state index in [9.17, 15) is 0 Å². The van der Waals surface area contributed by atoms with Crippen molar-refractivity contribution in [1.82, 2.24) is 0 Å². The van der Waals surface area contributed by atoms with Crippen LogP contribution in [0.4, 0.5) is 11.4 Å². The Labute approximate surface area is 119 Å². The summed E-state index contributed by atoms with van der Waals surface area (Å²) < 4.78 is 0. The molecular formula is C16H16N4. The Morgan fingerprint density at radius 1 is 1.15 bits per heavy atom. The Hall–Kier alpha value is -2.80. The summed E-state index contributed by atoms with van der Waals surface area (Å²) in [5.74, 6) is 0. The molecule has 0 aliphatic rings. The van der Waals surface area contributed by atoms with Crippen molar-refractivity contribution >= 4 is 17.6 Å². The number of benzene rings is 2. The number of hydrogen-bond acceptors (Lipinski definition) is 4. The molecule has 4 nitrogen and oxygen atoms in total. The summed E-state index contributed by atoms with van der Waals surface area (Å²) in [6, 6.07) is 17.6. The predicted molar refractivity (Wildman–Crippen MR) is 83.1 cm³/mol. The fourth-order valence-corrected chi connectivity index (χ4v) is 1.81. The minimum Gasteiger partial charge on any atom is -0.377 e. The molecular weight excluding hydrogens is 248 g/mol. The number of nitrogens with zero attached hydrogens (tertiary/aromatic N) is 3. The summed E-state index contributed by atoms with van der Waals surface area (Å²) in [4.78, 5) is 1.92. The minimum atomic E-state index is 0.638. The summed E-state index contributed by atoms with van der Waals surface area (Å²) in [5.41, 5.74) is 6.30. The van der Waals surface area contributed by atoms with Crippen LogP contribution in [0.2, 0.25) is 0 Å². The molecule has 0 radical (unpaired) electrons. The largest absolute Gasteiger partial charge is 0.377 e. The lowest BCUT2D eigenvalue weighted by molar-refractivity contribution is 1.12. The van der Waals surface area contributed by atoms with Crippen LogP contribution >= 0.6 is 0 Å². The van der Waals surface area contributed by atoms with E-state index in [1.165, 1.54) is 0 Å². The molecule has 2 rings (SSSR count). The normalized spacial score (nSPS) is 10.2. The Kier molecular flexibility index (Phi) is 4.35. The monoisotopic (exact) mass is 264 g/mol. The fraction of sp³-hybridized carbons (Fsp3) is 0.125. The molecule has 0 saturated carbocycles. The van der Waals surface area contributed by atoms with Crippen LogP contribution in [0, 0.1) is 11.3 Å². The van der Waals surface area contributed by atoms with Crippen molar-refractivity contribution in [1.29, 1.82) is 5.26 Å². The van der Waals surface area contributed by atoms with Gasteiger partial charge in [-0.1, -0.05) is 24.3 Å². The van der Waals surface area contributed by atoms with Gasteiger partial charge in [0, 0.05) is 14.1 Å². The zero-order chi connectivity index (χ0) is 14.4. The number of hydrogen-bond donors (Lipinski definition) is 1. The number of rotatable bonds is 4. The molecule has 0 amide bonds. The van der Waals surface area contributed by atoms with E-state index in [0.717, 1.165) is 16.9 Å². The van der Waals surface area contributed by atoms with E-state index in [0.29, 0.717) is 5.56 Å². The highest BCUT2D eigenvalue weighted by Crippen LogP contribution is 2.18. The molecule has 100 valence electrons. The summed E-state index contributed by atoms with van der Waals surface area (Å²) >= 11 is 0. The van der Waals surface area contributed by atoms with Crippen molar-refractivity contribution in [3.05, 3.63) is 59.7 Å². The van der Waals surface area contributed by atoms with Crippen LogP contribution in [-0.2, 0) is 0 Å². The summed E-state index contributed by atoms with van der Waals surface area (Å²) in [6.45, 7) is 0. The van der Waals surface area contributed by atoms with Crippen molar-refractivity contribution in [2.24, 2.45) is 5.10 Å². The van der Waals surface area contributed by atoms with E-state index >= 15 is 0 Å². The third kappa shape index (κ3) is 3.36. The molecule has 0 atom stereocenters. The van der Waals surface area contributed by atoms with Gasteiger partial charge in [0.1, 0.15) is 6.07 Å². The summed E-state index contributed by atoms with van der Waals surface area (Å²) in [7, 11) is 3.84. The lowest BCUT2D eigenvalue weighted by Gasteiger charge is -2.14. The Morgan fingerprint density at radius 2 is 1.90 bits per heavy atom. The second-order valence-corrected chi connectivity index (χ2v) is 4.52. The Bertz CT molecular complexity index is 639. The summed E-state index contributed by atoms with van der Waals surface area (Å²) in [6.07, 6.45) is 1.70. The molecule has 0 aliphatic carbocycles. The van der Waals surface area contributed by atoms with Crippen molar-refractivity contribution in [2.75, 3.05) is 24.4 Å². The SMILES string of the molecule is CN(C)c1ccc(C=NNc2ccccc2)cc1C#N. The third-order valence-corrected chi connectivity index (χ3v) is 2.80. The molecule has 0 spiro atoms. The third-order valence-electron chi connectivity index (χ3n) is 2.80. The number of nitriles is 1. The minimum absolute atomic E-state index is 0.638. The molecule has 0 aliphatic heterocycles. The van der Waals surface area contributed by atoms with Crippen molar-refractivity contribution < 1.29 is 0 Å². The molecule has 0 fully saturated rings. The smallest absolute Gasteiger partial charge is 0.101 e. The second-order valence-electron chi connectivity index (χ2n) is 4.52. The molecule has 2 aromatic rings.